The average molecular weight is 299 g/mol. The van der Waals surface area contributed by atoms with E-state index in [2.05, 4.69) is 5.10 Å². The second kappa shape index (κ2) is 7.45. The standard InChI is InChI=1S/C17H21N3O2/c1-4-22-16-8-5-14(6-9-16)7-10-17(21)19(2)12-15-11-18-20(3)13-15/h5-11,13H,4,12H2,1-3H3/b10-7+. The number of hydrogen-bond acceptors (Lipinski definition) is 3. The number of ether oxygens (including phenoxy) is 1. The zero-order valence-corrected chi connectivity index (χ0v) is 13.2. The van der Waals surface area contributed by atoms with Crippen LogP contribution in [0.3, 0.4) is 0 Å². The molecule has 22 heavy (non-hydrogen) atoms. The Morgan fingerprint density at radius 1 is 1.36 bits per heavy atom. The zero-order valence-electron chi connectivity index (χ0n) is 13.2. The van der Waals surface area contributed by atoms with Crippen LogP contribution in [0.25, 0.3) is 6.08 Å². The van der Waals surface area contributed by atoms with Gasteiger partial charge in [-0.15, -0.1) is 0 Å². The van der Waals surface area contributed by atoms with E-state index in [1.165, 1.54) is 0 Å². The number of likely N-dealkylation sites (N-methyl/N-ethyl adjacent to an activating group) is 1. The maximum atomic E-state index is 12.1. The van der Waals surface area contributed by atoms with Crippen LogP contribution in [0.2, 0.25) is 0 Å². The Balaban J connectivity index is 1.92. The molecule has 0 fully saturated rings. The largest absolute Gasteiger partial charge is 0.494 e. The minimum Gasteiger partial charge on any atom is -0.494 e. The van der Waals surface area contributed by atoms with Crippen LogP contribution in [0, 0.1) is 0 Å². The number of rotatable bonds is 6. The van der Waals surface area contributed by atoms with Crippen LogP contribution in [-0.2, 0) is 18.4 Å². The van der Waals surface area contributed by atoms with Gasteiger partial charge in [-0.2, -0.15) is 5.10 Å². The fourth-order valence-corrected chi connectivity index (χ4v) is 2.04. The van der Waals surface area contributed by atoms with Crippen molar-refractivity contribution in [3.05, 3.63) is 53.9 Å². The minimum absolute atomic E-state index is 0.0438. The Hall–Kier alpha value is -2.56. The van der Waals surface area contributed by atoms with E-state index < -0.39 is 0 Å². The lowest BCUT2D eigenvalue weighted by Gasteiger charge is -2.13. The van der Waals surface area contributed by atoms with Crippen molar-refractivity contribution >= 4 is 12.0 Å². The van der Waals surface area contributed by atoms with Crippen LogP contribution in [0.15, 0.2) is 42.7 Å². The third-order valence-corrected chi connectivity index (χ3v) is 3.16. The van der Waals surface area contributed by atoms with E-state index >= 15 is 0 Å². The summed E-state index contributed by atoms with van der Waals surface area (Å²) in [5.41, 5.74) is 1.97. The quantitative estimate of drug-likeness (QED) is 0.770. The van der Waals surface area contributed by atoms with Gasteiger partial charge in [0.2, 0.25) is 5.91 Å². The molecule has 116 valence electrons. The predicted octanol–water partition coefficient (Wildman–Crippen LogP) is 2.49. The van der Waals surface area contributed by atoms with E-state index in [1.807, 2.05) is 44.4 Å². The number of nitrogens with zero attached hydrogens (tertiary/aromatic N) is 3. The van der Waals surface area contributed by atoms with Crippen LogP contribution >= 0.6 is 0 Å². The van der Waals surface area contributed by atoms with Crippen LogP contribution in [0.5, 0.6) is 5.75 Å². The van der Waals surface area contributed by atoms with E-state index in [9.17, 15) is 4.79 Å². The first-order chi connectivity index (χ1) is 10.6. The fraction of sp³-hybridized carbons (Fsp3) is 0.294. The summed E-state index contributed by atoms with van der Waals surface area (Å²) in [6, 6.07) is 7.64. The molecule has 1 amide bonds. The Bertz CT molecular complexity index is 644. The summed E-state index contributed by atoms with van der Waals surface area (Å²) in [6.45, 7) is 3.14. The first kappa shape index (κ1) is 15.8. The third-order valence-electron chi connectivity index (χ3n) is 3.16. The van der Waals surface area contributed by atoms with Gasteiger partial charge in [0, 0.05) is 38.5 Å². The molecule has 1 aromatic heterocycles. The summed E-state index contributed by atoms with van der Waals surface area (Å²) in [5, 5.41) is 4.09. The molecule has 0 saturated heterocycles. The molecule has 2 aromatic rings. The topological polar surface area (TPSA) is 47.4 Å². The predicted molar refractivity (Wildman–Crippen MR) is 86.3 cm³/mol. The smallest absolute Gasteiger partial charge is 0.246 e. The van der Waals surface area contributed by atoms with E-state index in [-0.39, 0.29) is 5.91 Å². The first-order valence-electron chi connectivity index (χ1n) is 7.22. The maximum absolute atomic E-state index is 12.1. The van der Waals surface area contributed by atoms with Crippen molar-refractivity contribution in [2.24, 2.45) is 7.05 Å². The van der Waals surface area contributed by atoms with Gasteiger partial charge in [0.25, 0.3) is 0 Å². The molecule has 1 heterocycles. The molecule has 0 unspecified atom stereocenters. The molecule has 0 atom stereocenters. The van der Waals surface area contributed by atoms with Crippen molar-refractivity contribution in [2.75, 3.05) is 13.7 Å². The molecule has 0 N–H and O–H groups in total. The van der Waals surface area contributed by atoms with Gasteiger partial charge in [0.15, 0.2) is 0 Å². The van der Waals surface area contributed by atoms with Crippen LogP contribution < -0.4 is 4.74 Å². The number of carbonyl (C=O) groups is 1. The average Bonchev–Trinajstić information content (AvgIpc) is 2.91. The molecule has 0 radical (unpaired) electrons. The molecular weight excluding hydrogens is 278 g/mol. The van der Waals surface area contributed by atoms with E-state index in [4.69, 9.17) is 4.74 Å². The normalized spacial score (nSPS) is 10.9. The van der Waals surface area contributed by atoms with Gasteiger partial charge in [-0.05, 0) is 30.7 Å². The Morgan fingerprint density at radius 2 is 2.09 bits per heavy atom. The highest BCUT2D eigenvalue weighted by Crippen LogP contribution is 2.13. The molecule has 0 aliphatic heterocycles. The lowest BCUT2D eigenvalue weighted by Crippen LogP contribution is -2.23. The van der Waals surface area contributed by atoms with Crippen molar-refractivity contribution in [2.45, 2.75) is 13.5 Å². The lowest BCUT2D eigenvalue weighted by molar-refractivity contribution is -0.125. The van der Waals surface area contributed by atoms with Crippen LogP contribution in [-0.4, -0.2) is 34.2 Å². The monoisotopic (exact) mass is 299 g/mol. The van der Waals surface area contributed by atoms with Gasteiger partial charge in [-0.25, -0.2) is 0 Å². The van der Waals surface area contributed by atoms with Crippen LogP contribution in [0.4, 0.5) is 0 Å². The lowest BCUT2D eigenvalue weighted by atomic mass is 10.2. The number of carbonyl (C=O) groups excluding carboxylic acids is 1. The van der Waals surface area contributed by atoms with Crippen molar-refractivity contribution in [1.82, 2.24) is 14.7 Å². The number of aryl methyl sites for hydroxylation is 1. The summed E-state index contributed by atoms with van der Waals surface area (Å²) in [6.07, 6.45) is 7.05. The van der Waals surface area contributed by atoms with E-state index in [1.54, 1.807) is 35.0 Å². The highest BCUT2D eigenvalue weighted by molar-refractivity contribution is 5.91. The van der Waals surface area contributed by atoms with Crippen molar-refractivity contribution < 1.29 is 9.53 Å². The SMILES string of the molecule is CCOc1ccc(/C=C/C(=O)N(C)Cc2cnn(C)c2)cc1. The maximum Gasteiger partial charge on any atom is 0.246 e. The highest BCUT2D eigenvalue weighted by Gasteiger charge is 2.06. The molecule has 2 rings (SSSR count). The van der Waals surface area contributed by atoms with Gasteiger partial charge in [-0.3, -0.25) is 9.48 Å². The van der Waals surface area contributed by atoms with Crippen LogP contribution in [0.1, 0.15) is 18.1 Å². The molecule has 1 aromatic carbocycles. The number of hydrogen-bond donors (Lipinski definition) is 0. The summed E-state index contributed by atoms with van der Waals surface area (Å²) >= 11 is 0. The minimum atomic E-state index is -0.0438. The number of benzene rings is 1. The summed E-state index contributed by atoms with van der Waals surface area (Å²) in [7, 11) is 3.63. The molecule has 0 aliphatic carbocycles. The molecule has 5 nitrogen and oxygen atoms in total. The summed E-state index contributed by atoms with van der Waals surface area (Å²) in [4.78, 5) is 13.7. The summed E-state index contributed by atoms with van der Waals surface area (Å²) in [5.74, 6) is 0.789. The Labute approximate surface area is 130 Å². The van der Waals surface area contributed by atoms with E-state index in [0.717, 1.165) is 16.9 Å². The second-order valence-electron chi connectivity index (χ2n) is 5.05. The van der Waals surface area contributed by atoms with Gasteiger partial charge in [-0.1, -0.05) is 12.1 Å². The Kier molecular flexibility index (Phi) is 5.36. The van der Waals surface area contributed by atoms with Gasteiger partial charge >= 0.3 is 0 Å². The Morgan fingerprint density at radius 3 is 2.68 bits per heavy atom. The van der Waals surface area contributed by atoms with Crippen molar-refractivity contribution in [3.63, 3.8) is 0 Å². The third kappa shape index (κ3) is 4.48. The molecule has 5 heteroatoms. The number of amides is 1. The fourth-order valence-electron chi connectivity index (χ4n) is 2.04. The zero-order chi connectivity index (χ0) is 15.9. The highest BCUT2D eigenvalue weighted by atomic mass is 16.5. The van der Waals surface area contributed by atoms with E-state index in [0.29, 0.717) is 13.2 Å². The molecule has 0 saturated carbocycles. The summed E-state index contributed by atoms with van der Waals surface area (Å²) < 4.78 is 7.11. The van der Waals surface area contributed by atoms with Crippen molar-refractivity contribution in [1.29, 1.82) is 0 Å². The van der Waals surface area contributed by atoms with Crippen molar-refractivity contribution in [3.8, 4) is 5.75 Å². The molecule has 0 bridgehead atoms. The number of aromatic nitrogens is 2. The van der Waals surface area contributed by atoms with Gasteiger partial charge in [0.1, 0.15) is 5.75 Å². The van der Waals surface area contributed by atoms with Gasteiger partial charge in [0.05, 0.1) is 12.8 Å². The second-order valence-corrected chi connectivity index (χ2v) is 5.05. The van der Waals surface area contributed by atoms with Gasteiger partial charge < -0.3 is 9.64 Å². The molecule has 0 spiro atoms. The molecule has 0 aliphatic rings. The first-order valence-corrected chi connectivity index (χ1v) is 7.22. The molecular formula is C17H21N3O2.